The van der Waals surface area contributed by atoms with E-state index in [-0.39, 0.29) is 143 Å². The number of hydrogen-bond donors (Lipinski definition) is 12. The van der Waals surface area contributed by atoms with Crippen LogP contribution in [-0.2, 0) is 14.2 Å². The smallest absolute Gasteiger partial charge is 0.280 e. The third-order valence-corrected chi connectivity index (χ3v) is 31.5. The van der Waals surface area contributed by atoms with Crippen LogP contribution in [0.5, 0.6) is 0 Å². The number of nitrogens with zero attached hydrogens (tertiary/aromatic N) is 12. The minimum Gasteiger partial charge on any atom is -0.391 e. The summed E-state index contributed by atoms with van der Waals surface area (Å²) in [5.41, 5.74) is 8.20. The van der Waals surface area contributed by atoms with Crippen molar-refractivity contribution in [2.24, 2.45) is 0 Å². The molecule has 35 nitrogen and oxygen atoms in total. The number of aliphatic hydroxyl groups excluding tert-OH is 4. The van der Waals surface area contributed by atoms with Crippen LogP contribution in [0.3, 0.4) is 0 Å². The standard InChI is InChI=1S/C25H33N5O4S.C24H31N5O4S.C24H33N5O4S.C23H31N5O3S/c1-4-14(3)27-20-9-13(2)17(10-26-20)22-21(25(33)30-15-5-6-16(30)8-7-15)29-24(35-22)23(32)28-18-11-34-12-19(18)31;1-12(2)26-19-8-13(3)16(9-25-19)21-20(24(32)29-14-4-5-15(29)7-6-14)28-23(34-21)22(31)27-17-10-33-11-18(17)30;1-5-14(3)26-19-9-13(2)16(10-25-19)21-20(24(32)29-8-6-7-15(29)4)28-23(34-21)22(31)27-17-11-33-12-18(17)30;1-5-13(3)25-18-9-12(2)15(11-24-18)20-19(23(31)28-8-6-7-14(28)4)27-22(32-20)21(30)26-16-10-17(16)29/h9-10,14-16,18-19,31H,4-8,11-12H2,1-3H3,(H,26,27)(H,28,32);8-9,12,14-15,17-18,30H,4-7,10-11H2,1-3H3,(H,25,26)(H,27,31);9-10,14-15,17-18,30H,5-8,11-12H2,1-4H3,(H,25,26)(H,27,31);9,11,13-14,16-17,29H,5-8,10H2,1-4H3,(H,24,25)(H,26,30)/t14-,15?,16?,18+,19+;14?,15?,17-,18-;14-,15+,17-,18-;13-,14+,16+,17+/m1011/s1. The number of anilines is 4. The Morgan fingerprint density at radius 1 is 0.378 bits per heavy atom. The second-order valence-electron chi connectivity index (χ2n) is 37.8. The molecule has 0 spiro atoms. The lowest BCUT2D eigenvalue weighted by Gasteiger charge is -2.21. The van der Waals surface area contributed by atoms with Crippen LogP contribution >= 0.6 is 45.3 Å². The van der Waals surface area contributed by atoms with Gasteiger partial charge in [-0.15, -0.1) is 45.3 Å². The van der Waals surface area contributed by atoms with Gasteiger partial charge in [0.15, 0.2) is 20.0 Å². The highest BCUT2D eigenvalue weighted by molar-refractivity contribution is 7.18. The van der Waals surface area contributed by atoms with Crippen molar-refractivity contribution in [3.05, 3.63) is 114 Å². The van der Waals surface area contributed by atoms with Crippen LogP contribution in [0.1, 0.15) is 275 Å². The topological polar surface area (TPSA) is 457 Å². The summed E-state index contributed by atoms with van der Waals surface area (Å²) in [5.74, 6) is 0.983. The molecule has 39 heteroatoms. The summed E-state index contributed by atoms with van der Waals surface area (Å²) in [6.45, 7) is 31.4. The average Bonchev–Trinajstić information content (AvgIpc) is 1.62. The number of fused-ring (bicyclic) bond motifs is 4. The summed E-state index contributed by atoms with van der Waals surface area (Å²) in [5, 5.41) is 65.0. The second-order valence-corrected chi connectivity index (χ2v) is 41.7. The highest BCUT2D eigenvalue weighted by Crippen LogP contribution is 2.45. The zero-order chi connectivity index (χ0) is 96.1. The molecule has 12 N–H and O–H groups in total. The summed E-state index contributed by atoms with van der Waals surface area (Å²) in [6, 6.07) is 8.59. The van der Waals surface area contributed by atoms with Gasteiger partial charge in [-0.05, 0) is 225 Å². The molecule has 1 aliphatic carbocycles. The number of carbonyl (C=O) groups is 8. The zero-order valence-corrected chi connectivity index (χ0v) is 82.5. The normalized spacial score (nSPS) is 24.6. The first-order chi connectivity index (χ1) is 64.7. The predicted octanol–water partition coefficient (Wildman–Crippen LogP) is 11.6. The van der Waals surface area contributed by atoms with Crippen LogP contribution in [0, 0.1) is 27.7 Å². The van der Waals surface area contributed by atoms with E-state index in [9.17, 15) is 58.8 Å². The molecular formula is C96H128N20O15S4. The molecule has 0 unspecified atom stereocenters. The Balaban J connectivity index is 0.000000137. The summed E-state index contributed by atoms with van der Waals surface area (Å²) < 4.78 is 15.7. The number of thiazole rings is 4. The quantitative estimate of drug-likeness (QED) is 0.0227. The Kier molecular flexibility index (Phi) is 32.1. The van der Waals surface area contributed by atoms with Gasteiger partial charge in [0.25, 0.3) is 47.3 Å². The van der Waals surface area contributed by atoms with E-state index >= 15 is 0 Å². The van der Waals surface area contributed by atoms with Gasteiger partial charge in [-0.2, -0.15) is 0 Å². The third-order valence-electron chi connectivity index (χ3n) is 27.2. The van der Waals surface area contributed by atoms with Crippen LogP contribution in [0.25, 0.3) is 41.8 Å². The fraction of sp³-hybridized carbons (Fsp3) is 0.583. The predicted molar refractivity (Wildman–Crippen MR) is 519 cm³/mol. The summed E-state index contributed by atoms with van der Waals surface area (Å²) >= 11 is 4.78. The lowest BCUT2D eigenvalue weighted by molar-refractivity contribution is 0.0716. The second kappa shape index (κ2) is 43.7. The van der Waals surface area contributed by atoms with Gasteiger partial charge in [0, 0.05) is 121 Å². The van der Waals surface area contributed by atoms with Crippen LogP contribution in [0.15, 0.2) is 49.1 Å². The molecule has 8 aromatic rings. The van der Waals surface area contributed by atoms with Gasteiger partial charge < -0.3 is 96.8 Å². The van der Waals surface area contributed by atoms with Crippen molar-refractivity contribution in [3.63, 3.8) is 0 Å². The lowest BCUT2D eigenvalue weighted by Crippen LogP contribution is -2.42. The maximum Gasteiger partial charge on any atom is 0.280 e. The van der Waals surface area contributed by atoms with E-state index in [1.165, 1.54) is 45.3 Å². The maximum atomic E-state index is 13.7. The first-order valence-corrected chi connectivity index (χ1v) is 50.9. The molecule has 9 saturated heterocycles. The molecule has 0 radical (unpaired) electrons. The van der Waals surface area contributed by atoms with Crippen LogP contribution in [-0.4, -0.2) is 289 Å². The molecule has 13 atom stereocenters. The highest BCUT2D eigenvalue weighted by atomic mass is 32.1. The van der Waals surface area contributed by atoms with E-state index in [0.29, 0.717) is 74.2 Å². The van der Waals surface area contributed by atoms with E-state index in [2.05, 4.69) is 124 Å². The molecule has 17 heterocycles. The van der Waals surface area contributed by atoms with Crippen molar-refractivity contribution in [3.8, 4) is 41.8 Å². The van der Waals surface area contributed by atoms with E-state index < -0.39 is 60.3 Å². The van der Waals surface area contributed by atoms with Gasteiger partial charge >= 0.3 is 0 Å². The molecule has 726 valence electrons. The minimum atomic E-state index is -0.757. The summed E-state index contributed by atoms with van der Waals surface area (Å²) in [7, 11) is 0. The zero-order valence-electron chi connectivity index (χ0n) is 79.3. The van der Waals surface area contributed by atoms with Crippen molar-refractivity contribution in [1.82, 2.24) is 80.7 Å². The number of pyridine rings is 4. The maximum absolute atomic E-state index is 13.7. The van der Waals surface area contributed by atoms with E-state index in [4.69, 9.17) is 14.2 Å². The van der Waals surface area contributed by atoms with Gasteiger partial charge in [-0.3, -0.25) is 38.4 Å². The number of aryl methyl sites for hydroxylation is 4. The highest BCUT2D eigenvalue weighted by Gasteiger charge is 2.47. The van der Waals surface area contributed by atoms with Gasteiger partial charge in [-0.1, -0.05) is 20.8 Å². The summed E-state index contributed by atoms with van der Waals surface area (Å²) in [6.07, 6.45) is 19.8. The molecule has 0 aromatic carbocycles. The molecule has 4 bridgehead atoms. The van der Waals surface area contributed by atoms with E-state index in [1.54, 1.807) is 24.8 Å². The Morgan fingerprint density at radius 3 is 0.859 bits per heavy atom. The van der Waals surface area contributed by atoms with Crippen LogP contribution in [0.2, 0.25) is 0 Å². The van der Waals surface area contributed by atoms with Crippen molar-refractivity contribution >= 4 is 116 Å². The first kappa shape index (κ1) is 99.3. The number of hydrogen-bond acceptors (Lipinski definition) is 31. The SMILES string of the molecule is CC[C@@H](C)Nc1cc(C)c(-c2sc(C(=O)N[C@@H]3COC[C@H]3O)nc2C(=O)N2CCC[C@@H]2C)cn1.CC[C@@H](C)Nc1cc(C)c(-c2sc(C(=O)N[C@H]3COC[C@@H]3O)nc2C(=O)N2C3CCC2CC3)cn1.CC[C@@H](C)Nc1cc(C)c(-c2sc(C(=O)N[C@H]3C[C@@H]3O)nc2C(=O)N2CCC[C@@H]2C)cn1.Cc1cc(NC(C)C)ncc1-c1sc(C(=O)N[C@H]2COC[C@@H]2O)nc1C(=O)N1C2CCC1CC2. The Bertz CT molecular complexity index is 5610. The molecular weight excluding hydrogens is 1800 g/mol. The number of nitrogens with one attached hydrogen (secondary N) is 8. The van der Waals surface area contributed by atoms with Gasteiger partial charge in [0.05, 0.1) is 108 Å². The number of aliphatic hydroxyl groups is 4. The number of ether oxygens (including phenoxy) is 3. The molecule has 135 heavy (non-hydrogen) atoms. The fourth-order valence-corrected chi connectivity index (χ4v) is 22.7. The molecule has 18 rings (SSSR count). The van der Waals surface area contributed by atoms with Crippen LogP contribution in [0.4, 0.5) is 23.3 Å². The van der Waals surface area contributed by atoms with Crippen molar-refractivity contribution < 1.29 is 73.0 Å². The first-order valence-electron chi connectivity index (χ1n) is 47.7. The summed E-state index contributed by atoms with van der Waals surface area (Å²) in [4.78, 5) is 153. The van der Waals surface area contributed by atoms with Crippen molar-refractivity contribution in [2.75, 3.05) is 74.0 Å². The third kappa shape index (κ3) is 22.8. The monoisotopic (exact) mass is 1930 g/mol. The fourth-order valence-electron chi connectivity index (χ4n) is 18.6. The number of amides is 8. The molecule has 8 aromatic heterocycles. The number of aromatic nitrogens is 8. The van der Waals surface area contributed by atoms with E-state index in [0.717, 1.165) is 164 Å². The van der Waals surface area contributed by atoms with Gasteiger partial charge in [-0.25, -0.2) is 39.9 Å². The molecule has 9 aliphatic heterocycles. The average molecular weight is 1930 g/mol. The Hall–Kier alpha value is -10.2. The Morgan fingerprint density at radius 2 is 0.637 bits per heavy atom. The molecule has 8 amide bonds. The van der Waals surface area contributed by atoms with Crippen molar-refractivity contribution in [2.45, 2.75) is 309 Å². The largest absolute Gasteiger partial charge is 0.391 e. The number of carbonyl (C=O) groups excluding carboxylic acids is 8. The van der Waals surface area contributed by atoms with Crippen molar-refractivity contribution in [1.29, 1.82) is 0 Å². The Labute approximate surface area is 803 Å². The molecule has 1 saturated carbocycles. The lowest BCUT2D eigenvalue weighted by atomic mass is 10.0. The molecule has 10 fully saturated rings. The van der Waals surface area contributed by atoms with E-state index in [1.807, 2.05) is 99.3 Å². The number of likely N-dealkylation sites (tertiary alicyclic amines) is 2. The van der Waals surface area contributed by atoms with Gasteiger partial charge in [0.1, 0.15) is 46.0 Å². The van der Waals surface area contributed by atoms with Crippen LogP contribution < -0.4 is 42.5 Å². The number of rotatable bonds is 27. The molecule has 10 aliphatic rings. The minimum absolute atomic E-state index is 0.106. The van der Waals surface area contributed by atoms with Gasteiger partial charge in [0.2, 0.25) is 0 Å².